The van der Waals surface area contributed by atoms with E-state index in [1.54, 1.807) is 0 Å². The van der Waals surface area contributed by atoms with Crippen LogP contribution >= 0.6 is 23.2 Å². The molecule has 1 unspecified atom stereocenters. The Bertz CT molecular complexity index is 307. The van der Waals surface area contributed by atoms with Crippen LogP contribution in [0, 0.1) is 0 Å². The first-order valence-corrected chi connectivity index (χ1v) is 6.35. The van der Waals surface area contributed by atoms with Crippen molar-refractivity contribution in [1.82, 2.24) is 0 Å². The van der Waals surface area contributed by atoms with Gasteiger partial charge in [-0.2, -0.15) is 0 Å². The molecule has 0 radical (unpaired) electrons. The largest absolute Gasteiger partial charge is 0.0843 e. The Kier molecular flexibility index (Phi) is 5.49. The van der Waals surface area contributed by atoms with Crippen LogP contribution in [-0.4, -0.2) is 0 Å². The fourth-order valence-electron chi connectivity index (χ4n) is 1.76. The molecule has 0 nitrogen and oxygen atoms in total. The van der Waals surface area contributed by atoms with Crippen LogP contribution in [0.2, 0.25) is 10.0 Å². The summed E-state index contributed by atoms with van der Waals surface area (Å²) in [4.78, 5) is 0. The predicted molar refractivity (Wildman–Crippen MR) is 69.0 cm³/mol. The van der Waals surface area contributed by atoms with Crippen molar-refractivity contribution in [3.8, 4) is 0 Å². The molecule has 0 saturated carbocycles. The van der Waals surface area contributed by atoms with Crippen LogP contribution in [0.1, 0.15) is 51.0 Å². The van der Waals surface area contributed by atoms with E-state index < -0.39 is 0 Å². The minimum Gasteiger partial charge on any atom is -0.0843 e. The zero-order chi connectivity index (χ0) is 11.3. The second kappa shape index (κ2) is 6.40. The number of halogens is 2. The zero-order valence-corrected chi connectivity index (χ0v) is 10.9. The molecule has 15 heavy (non-hydrogen) atoms. The van der Waals surface area contributed by atoms with Crippen molar-refractivity contribution in [3.63, 3.8) is 0 Å². The molecule has 84 valence electrons. The summed E-state index contributed by atoms with van der Waals surface area (Å²) >= 11 is 12.0. The lowest BCUT2D eigenvalue weighted by Crippen LogP contribution is -1.94. The van der Waals surface area contributed by atoms with Crippen LogP contribution in [0.4, 0.5) is 0 Å². The minimum absolute atomic E-state index is 0.529. The molecule has 1 atom stereocenters. The molecule has 0 fully saturated rings. The zero-order valence-electron chi connectivity index (χ0n) is 9.39. The highest BCUT2D eigenvalue weighted by molar-refractivity contribution is 6.35. The molecule has 2 heteroatoms. The molecule has 0 saturated heterocycles. The molecule has 0 aliphatic rings. The van der Waals surface area contributed by atoms with Crippen molar-refractivity contribution in [2.24, 2.45) is 0 Å². The Labute approximate surface area is 103 Å². The molecule has 0 N–H and O–H groups in total. The van der Waals surface area contributed by atoms with E-state index in [1.165, 1.54) is 31.2 Å². The summed E-state index contributed by atoms with van der Waals surface area (Å²) < 4.78 is 0. The average molecular weight is 245 g/mol. The SMILES string of the molecule is CCCCCC(C)c1ccc(Cl)cc1Cl. The first-order valence-electron chi connectivity index (χ1n) is 5.60. The maximum atomic E-state index is 6.15. The van der Waals surface area contributed by atoms with Gasteiger partial charge in [-0.05, 0) is 30.0 Å². The maximum absolute atomic E-state index is 6.15. The molecular weight excluding hydrogens is 227 g/mol. The summed E-state index contributed by atoms with van der Waals surface area (Å²) in [6.45, 7) is 4.45. The molecule has 0 aromatic heterocycles. The lowest BCUT2D eigenvalue weighted by molar-refractivity contribution is 0.598. The third-order valence-corrected chi connectivity index (χ3v) is 3.30. The van der Waals surface area contributed by atoms with Crippen LogP contribution in [-0.2, 0) is 0 Å². The van der Waals surface area contributed by atoms with Gasteiger partial charge in [-0.15, -0.1) is 0 Å². The number of rotatable bonds is 5. The number of unbranched alkanes of at least 4 members (excludes halogenated alkanes) is 2. The Hall–Kier alpha value is -0.200. The lowest BCUT2D eigenvalue weighted by atomic mass is 9.95. The Morgan fingerprint density at radius 2 is 1.93 bits per heavy atom. The first-order chi connectivity index (χ1) is 7.15. The van der Waals surface area contributed by atoms with E-state index in [0.717, 1.165) is 5.02 Å². The van der Waals surface area contributed by atoms with Crippen molar-refractivity contribution in [3.05, 3.63) is 33.8 Å². The van der Waals surface area contributed by atoms with Crippen LogP contribution in [0.5, 0.6) is 0 Å². The van der Waals surface area contributed by atoms with E-state index in [1.807, 2.05) is 18.2 Å². The standard InChI is InChI=1S/C13H18Cl2/c1-3-4-5-6-10(2)12-8-7-11(14)9-13(12)15/h7-10H,3-6H2,1-2H3. The Morgan fingerprint density at radius 3 is 2.53 bits per heavy atom. The lowest BCUT2D eigenvalue weighted by Gasteiger charge is -2.13. The quantitative estimate of drug-likeness (QED) is 0.585. The summed E-state index contributed by atoms with van der Waals surface area (Å²) in [7, 11) is 0. The number of benzene rings is 1. The van der Waals surface area contributed by atoms with E-state index in [4.69, 9.17) is 23.2 Å². The molecule has 1 aromatic carbocycles. The summed E-state index contributed by atoms with van der Waals surface area (Å²) in [6, 6.07) is 5.79. The van der Waals surface area contributed by atoms with E-state index in [2.05, 4.69) is 13.8 Å². The van der Waals surface area contributed by atoms with Crippen molar-refractivity contribution in [2.75, 3.05) is 0 Å². The summed E-state index contributed by atoms with van der Waals surface area (Å²) in [5.74, 6) is 0.529. The maximum Gasteiger partial charge on any atom is 0.0455 e. The molecule has 0 amide bonds. The van der Waals surface area contributed by atoms with Gasteiger partial charge in [0.1, 0.15) is 0 Å². The monoisotopic (exact) mass is 244 g/mol. The van der Waals surface area contributed by atoms with Crippen LogP contribution in [0.3, 0.4) is 0 Å². The van der Waals surface area contributed by atoms with E-state index in [9.17, 15) is 0 Å². The first kappa shape index (κ1) is 12.9. The summed E-state index contributed by atoms with van der Waals surface area (Å²) in [6.07, 6.45) is 5.04. The van der Waals surface area contributed by atoms with Gasteiger partial charge in [0.15, 0.2) is 0 Å². The fraction of sp³-hybridized carbons (Fsp3) is 0.538. The predicted octanol–water partition coefficient (Wildman–Crippen LogP) is 5.68. The molecular formula is C13H18Cl2. The topological polar surface area (TPSA) is 0 Å². The second-order valence-electron chi connectivity index (χ2n) is 4.06. The van der Waals surface area contributed by atoms with E-state index >= 15 is 0 Å². The highest BCUT2D eigenvalue weighted by atomic mass is 35.5. The van der Waals surface area contributed by atoms with Gasteiger partial charge in [0, 0.05) is 10.0 Å². The van der Waals surface area contributed by atoms with E-state index in [0.29, 0.717) is 10.9 Å². The summed E-state index contributed by atoms with van der Waals surface area (Å²) in [5.41, 5.74) is 1.22. The highest BCUT2D eigenvalue weighted by Gasteiger charge is 2.09. The minimum atomic E-state index is 0.529. The van der Waals surface area contributed by atoms with Crippen LogP contribution in [0.25, 0.3) is 0 Å². The van der Waals surface area contributed by atoms with Crippen molar-refractivity contribution in [2.45, 2.75) is 45.4 Å². The second-order valence-corrected chi connectivity index (χ2v) is 4.91. The van der Waals surface area contributed by atoms with Crippen LogP contribution in [0.15, 0.2) is 18.2 Å². The van der Waals surface area contributed by atoms with Gasteiger partial charge in [-0.1, -0.05) is 62.4 Å². The van der Waals surface area contributed by atoms with Crippen molar-refractivity contribution >= 4 is 23.2 Å². The van der Waals surface area contributed by atoms with Crippen LogP contribution < -0.4 is 0 Å². The molecule has 0 spiro atoms. The van der Waals surface area contributed by atoms with Gasteiger partial charge >= 0.3 is 0 Å². The van der Waals surface area contributed by atoms with Gasteiger partial charge < -0.3 is 0 Å². The van der Waals surface area contributed by atoms with Crippen molar-refractivity contribution < 1.29 is 0 Å². The Balaban J connectivity index is 2.61. The van der Waals surface area contributed by atoms with Gasteiger partial charge in [-0.3, -0.25) is 0 Å². The van der Waals surface area contributed by atoms with Gasteiger partial charge in [0.05, 0.1) is 0 Å². The molecule has 1 aromatic rings. The molecule has 1 rings (SSSR count). The molecule has 0 aliphatic carbocycles. The third-order valence-electron chi connectivity index (χ3n) is 2.73. The smallest absolute Gasteiger partial charge is 0.0455 e. The molecule has 0 heterocycles. The molecule has 0 bridgehead atoms. The summed E-state index contributed by atoms with van der Waals surface area (Å²) in [5, 5.41) is 1.51. The number of hydrogen-bond donors (Lipinski definition) is 0. The van der Waals surface area contributed by atoms with E-state index in [-0.39, 0.29) is 0 Å². The average Bonchev–Trinajstić information content (AvgIpc) is 2.17. The van der Waals surface area contributed by atoms with Gasteiger partial charge in [0.25, 0.3) is 0 Å². The Morgan fingerprint density at radius 1 is 1.20 bits per heavy atom. The van der Waals surface area contributed by atoms with Gasteiger partial charge in [0.2, 0.25) is 0 Å². The van der Waals surface area contributed by atoms with Crippen molar-refractivity contribution in [1.29, 1.82) is 0 Å². The third kappa shape index (κ3) is 4.04. The normalized spacial score (nSPS) is 12.8. The number of hydrogen-bond acceptors (Lipinski definition) is 0. The fourth-order valence-corrected chi connectivity index (χ4v) is 2.35. The molecule has 0 aliphatic heterocycles. The van der Waals surface area contributed by atoms with Gasteiger partial charge in [-0.25, -0.2) is 0 Å². The highest BCUT2D eigenvalue weighted by Crippen LogP contribution is 2.30.